The van der Waals surface area contributed by atoms with E-state index >= 15 is 0 Å². The summed E-state index contributed by atoms with van der Waals surface area (Å²) in [6, 6.07) is 19.7. The van der Waals surface area contributed by atoms with Gasteiger partial charge in [-0.05, 0) is 72.1 Å². The molecule has 0 amide bonds. The van der Waals surface area contributed by atoms with Crippen LogP contribution >= 0.6 is 0 Å². The van der Waals surface area contributed by atoms with Gasteiger partial charge in [-0.1, -0.05) is 42.5 Å². The van der Waals surface area contributed by atoms with Gasteiger partial charge in [-0.3, -0.25) is 14.9 Å². The first kappa shape index (κ1) is 23.4. The molecule has 1 aliphatic rings. The molecule has 6 heteroatoms. The van der Waals surface area contributed by atoms with E-state index in [2.05, 4.69) is 0 Å². The van der Waals surface area contributed by atoms with Crippen LogP contribution < -0.4 is 0 Å². The Kier molecular flexibility index (Phi) is 8.05. The van der Waals surface area contributed by atoms with Gasteiger partial charge in [0.2, 0.25) is 0 Å². The number of nitriles is 2. The van der Waals surface area contributed by atoms with E-state index in [9.17, 15) is 25.4 Å². The lowest BCUT2D eigenvalue weighted by Crippen LogP contribution is -2.03. The fourth-order valence-electron chi connectivity index (χ4n) is 3.95. The third-order valence-corrected chi connectivity index (χ3v) is 5.66. The second-order valence-electron chi connectivity index (χ2n) is 7.87. The maximum atomic E-state index is 11.7. The zero-order valence-corrected chi connectivity index (χ0v) is 18.1. The Labute approximate surface area is 192 Å². The monoisotopic (exact) mass is 437 g/mol. The largest absolute Gasteiger partial charge is 0.295 e. The van der Waals surface area contributed by atoms with Gasteiger partial charge in [-0.2, -0.15) is 10.5 Å². The van der Waals surface area contributed by atoms with Crippen molar-refractivity contribution in [2.75, 3.05) is 0 Å². The van der Waals surface area contributed by atoms with Gasteiger partial charge in [-0.25, -0.2) is 0 Å². The van der Waals surface area contributed by atoms with Crippen LogP contribution in [-0.2, 0) is 4.79 Å². The van der Waals surface area contributed by atoms with Crippen molar-refractivity contribution < 1.29 is 9.72 Å². The summed E-state index contributed by atoms with van der Waals surface area (Å²) in [4.78, 5) is 22.2. The van der Waals surface area contributed by atoms with Gasteiger partial charge in [0.15, 0.2) is 5.78 Å². The summed E-state index contributed by atoms with van der Waals surface area (Å²) in [5, 5.41) is 30.1. The van der Waals surface area contributed by atoms with Crippen molar-refractivity contribution in [1.82, 2.24) is 0 Å². The molecule has 0 saturated heterocycles. The Morgan fingerprint density at radius 3 is 2.36 bits per heavy atom. The minimum Gasteiger partial charge on any atom is -0.295 e. The van der Waals surface area contributed by atoms with E-state index in [4.69, 9.17) is 0 Å². The van der Waals surface area contributed by atoms with Crippen LogP contribution in [0.2, 0.25) is 0 Å². The highest BCUT2D eigenvalue weighted by Gasteiger charge is 2.19. The van der Waals surface area contributed by atoms with Gasteiger partial charge in [-0.15, -0.1) is 0 Å². The summed E-state index contributed by atoms with van der Waals surface area (Å²) in [7, 11) is 0. The molecule has 0 aliphatic heterocycles. The van der Waals surface area contributed by atoms with Crippen LogP contribution in [0.15, 0.2) is 84.0 Å². The summed E-state index contributed by atoms with van der Waals surface area (Å²) < 4.78 is 0. The minimum atomic E-state index is -0.481. The Bertz CT molecular complexity index is 1180. The molecule has 1 atom stereocenters. The molecular formula is C27H23N3O3. The molecule has 0 unspecified atom stereocenters. The number of hydrogen-bond donors (Lipinski definition) is 0. The Morgan fingerprint density at radius 2 is 1.76 bits per heavy atom. The number of benzene rings is 2. The number of nitro benzene ring substituents is 1. The van der Waals surface area contributed by atoms with E-state index in [-0.39, 0.29) is 23.0 Å². The van der Waals surface area contributed by atoms with Crippen LogP contribution in [0.5, 0.6) is 0 Å². The zero-order valence-electron chi connectivity index (χ0n) is 18.1. The summed E-state index contributed by atoms with van der Waals surface area (Å²) >= 11 is 0. The van der Waals surface area contributed by atoms with Crippen LogP contribution in [0.4, 0.5) is 5.69 Å². The van der Waals surface area contributed by atoms with Crippen LogP contribution in [-0.4, -0.2) is 10.7 Å². The SMILES string of the molecule is N#CC(C#N)=C(C[C@H](C/C=C\C1=CC(=O)CCC1)c1ccccc1)c1ccc([N+](=O)[O-])cc1. The first-order valence-corrected chi connectivity index (χ1v) is 10.7. The van der Waals surface area contributed by atoms with Crippen molar-refractivity contribution in [3.63, 3.8) is 0 Å². The van der Waals surface area contributed by atoms with E-state index in [1.54, 1.807) is 18.2 Å². The van der Waals surface area contributed by atoms with Crippen molar-refractivity contribution in [1.29, 1.82) is 10.5 Å². The third kappa shape index (κ3) is 6.35. The average Bonchev–Trinajstić information content (AvgIpc) is 2.84. The molecule has 164 valence electrons. The number of nitro groups is 1. The minimum absolute atomic E-state index is 0.00523. The molecule has 3 rings (SSSR count). The van der Waals surface area contributed by atoms with Gasteiger partial charge < -0.3 is 0 Å². The number of non-ortho nitro benzene ring substituents is 1. The molecule has 0 aromatic heterocycles. The molecule has 1 aliphatic carbocycles. The summed E-state index contributed by atoms with van der Waals surface area (Å²) in [5.74, 6) is 0.126. The molecule has 2 aromatic carbocycles. The molecular weight excluding hydrogens is 414 g/mol. The van der Waals surface area contributed by atoms with Gasteiger partial charge in [0.1, 0.15) is 17.7 Å². The first-order valence-electron chi connectivity index (χ1n) is 10.7. The van der Waals surface area contributed by atoms with Crippen molar-refractivity contribution in [3.05, 3.63) is 105 Å². The molecule has 0 fully saturated rings. The number of ketones is 1. The summed E-state index contributed by atoms with van der Waals surface area (Å²) in [6.07, 6.45) is 9.11. The average molecular weight is 437 g/mol. The van der Waals surface area contributed by atoms with Gasteiger partial charge in [0.25, 0.3) is 5.69 Å². The molecule has 0 radical (unpaired) electrons. The fourth-order valence-corrected chi connectivity index (χ4v) is 3.95. The fraction of sp³-hybridized carbons (Fsp3) is 0.222. The Balaban J connectivity index is 1.93. The van der Waals surface area contributed by atoms with E-state index in [1.807, 2.05) is 54.6 Å². The lowest BCUT2D eigenvalue weighted by Gasteiger charge is -2.19. The van der Waals surface area contributed by atoms with Crippen LogP contribution in [0, 0.1) is 32.8 Å². The molecule has 0 saturated carbocycles. The number of allylic oxidation sites excluding steroid dienone is 6. The molecule has 0 heterocycles. The second-order valence-corrected chi connectivity index (χ2v) is 7.87. The van der Waals surface area contributed by atoms with E-state index in [0.29, 0.717) is 30.4 Å². The topological polar surface area (TPSA) is 108 Å². The normalized spacial score (nSPS) is 14.1. The van der Waals surface area contributed by atoms with Crippen LogP contribution in [0.1, 0.15) is 49.1 Å². The molecule has 0 N–H and O–H groups in total. The van der Waals surface area contributed by atoms with Crippen molar-refractivity contribution in [2.24, 2.45) is 0 Å². The number of nitrogens with zero attached hydrogens (tertiary/aromatic N) is 3. The number of hydrogen-bond acceptors (Lipinski definition) is 5. The molecule has 0 bridgehead atoms. The van der Waals surface area contributed by atoms with Gasteiger partial charge >= 0.3 is 0 Å². The van der Waals surface area contributed by atoms with Crippen molar-refractivity contribution in [2.45, 2.75) is 38.0 Å². The van der Waals surface area contributed by atoms with Crippen molar-refractivity contribution >= 4 is 17.0 Å². The summed E-state index contributed by atoms with van der Waals surface area (Å²) in [6.45, 7) is 0. The van der Waals surface area contributed by atoms with Crippen LogP contribution in [0.25, 0.3) is 5.57 Å². The second kappa shape index (κ2) is 11.4. The Hall–Kier alpha value is -4.29. The smallest absolute Gasteiger partial charge is 0.269 e. The molecule has 2 aromatic rings. The first-order chi connectivity index (χ1) is 16.0. The highest BCUT2D eigenvalue weighted by molar-refractivity contribution is 5.91. The Morgan fingerprint density at radius 1 is 1.06 bits per heavy atom. The molecule has 33 heavy (non-hydrogen) atoms. The van der Waals surface area contributed by atoms with E-state index < -0.39 is 4.92 Å². The highest BCUT2D eigenvalue weighted by Crippen LogP contribution is 2.34. The third-order valence-electron chi connectivity index (χ3n) is 5.66. The summed E-state index contributed by atoms with van der Waals surface area (Å²) in [5.41, 5.74) is 3.19. The lowest BCUT2D eigenvalue weighted by molar-refractivity contribution is -0.384. The quantitative estimate of drug-likeness (QED) is 0.278. The standard InChI is InChI=1S/C27H23N3O3/c28-18-24(19-29)27(22-12-14-25(15-13-22)30(32)33)17-23(21-8-2-1-3-9-21)10-4-6-20-7-5-11-26(31)16-20/h1-4,6,8-9,12-16,23H,5,7,10-11,17H2/b6-4-/t23-/m0/s1. The number of carbonyl (C=O) groups excluding carboxylic acids is 1. The predicted octanol–water partition coefficient (Wildman–Crippen LogP) is 6.20. The predicted molar refractivity (Wildman–Crippen MR) is 126 cm³/mol. The van der Waals surface area contributed by atoms with Gasteiger partial charge in [0.05, 0.1) is 4.92 Å². The van der Waals surface area contributed by atoms with E-state index in [0.717, 1.165) is 24.0 Å². The lowest BCUT2D eigenvalue weighted by atomic mass is 9.84. The number of carbonyl (C=O) groups is 1. The van der Waals surface area contributed by atoms with Crippen LogP contribution in [0.3, 0.4) is 0 Å². The zero-order chi connectivity index (χ0) is 23.6. The van der Waals surface area contributed by atoms with Gasteiger partial charge in [0, 0.05) is 18.6 Å². The maximum absolute atomic E-state index is 11.7. The molecule has 0 spiro atoms. The molecule has 6 nitrogen and oxygen atoms in total. The van der Waals surface area contributed by atoms with E-state index in [1.165, 1.54) is 12.1 Å². The highest BCUT2D eigenvalue weighted by atomic mass is 16.6. The maximum Gasteiger partial charge on any atom is 0.269 e. The number of rotatable bonds is 8. The van der Waals surface area contributed by atoms with Crippen molar-refractivity contribution in [3.8, 4) is 12.1 Å².